The van der Waals surface area contributed by atoms with Gasteiger partial charge in [0, 0.05) is 25.1 Å². The second-order valence-electron chi connectivity index (χ2n) is 8.96. The number of rotatable bonds is 4. The number of carbonyl (C=O) groups is 3. The largest absolute Gasteiger partial charge is 0.322 e. The molecule has 2 fully saturated rings. The van der Waals surface area contributed by atoms with Crippen LogP contribution in [0, 0.1) is 5.82 Å². The minimum atomic E-state index is -0.589. The van der Waals surface area contributed by atoms with Gasteiger partial charge in [-0.05, 0) is 67.1 Å². The first kappa shape index (κ1) is 20.8. The number of piperidine rings is 2. The predicted octanol–water partition coefficient (Wildman–Crippen LogP) is 2.97. The summed E-state index contributed by atoms with van der Waals surface area (Å²) in [7, 11) is 0. The van der Waals surface area contributed by atoms with Crippen LogP contribution in [0.3, 0.4) is 0 Å². The van der Waals surface area contributed by atoms with E-state index in [4.69, 9.17) is 0 Å². The van der Waals surface area contributed by atoms with E-state index in [1.165, 1.54) is 6.07 Å². The standard InChI is InChI=1S/C25H26FN3O3/c26-21-4-2-1-3-19(21)17-9-11-28(12-10-17)14-16-5-6-20-18(13-16)15-29(25(20)32)22-7-8-23(30)27-24(22)31/h1-6,13,17,22H,7-12,14-15H2,(H,27,30,31). The van der Waals surface area contributed by atoms with E-state index in [-0.39, 0.29) is 35.9 Å². The fraction of sp³-hybridized carbons (Fsp3) is 0.400. The van der Waals surface area contributed by atoms with Crippen LogP contribution in [0.25, 0.3) is 0 Å². The van der Waals surface area contributed by atoms with Crippen molar-refractivity contribution >= 4 is 17.7 Å². The minimum absolute atomic E-state index is 0.116. The van der Waals surface area contributed by atoms with Crippen LogP contribution in [0.4, 0.5) is 4.39 Å². The molecule has 0 aromatic heterocycles. The molecule has 1 unspecified atom stereocenters. The second kappa shape index (κ2) is 8.47. The smallest absolute Gasteiger partial charge is 0.255 e. The van der Waals surface area contributed by atoms with Crippen molar-refractivity contribution in [3.63, 3.8) is 0 Å². The Morgan fingerprint density at radius 2 is 1.78 bits per heavy atom. The van der Waals surface area contributed by atoms with Gasteiger partial charge in [0.05, 0.1) is 0 Å². The van der Waals surface area contributed by atoms with E-state index in [1.807, 2.05) is 24.3 Å². The van der Waals surface area contributed by atoms with Crippen LogP contribution < -0.4 is 5.32 Å². The van der Waals surface area contributed by atoms with Crippen LogP contribution in [0.1, 0.15) is 58.6 Å². The van der Waals surface area contributed by atoms with Gasteiger partial charge >= 0.3 is 0 Å². The van der Waals surface area contributed by atoms with E-state index in [0.29, 0.717) is 18.5 Å². The highest BCUT2D eigenvalue weighted by Crippen LogP contribution is 2.32. The van der Waals surface area contributed by atoms with Gasteiger partial charge in [-0.2, -0.15) is 0 Å². The highest BCUT2D eigenvalue weighted by atomic mass is 19.1. The van der Waals surface area contributed by atoms with Crippen LogP contribution in [-0.2, 0) is 22.7 Å². The maximum absolute atomic E-state index is 14.1. The number of benzene rings is 2. The molecule has 2 aromatic carbocycles. The summed E-state index contributed by atoms with van der Waals surface area (Å²) in [6.45, 7) is 2.97. The summed E-state index contributed by atoms with van der Waals surface area (Å²) in [6.07, 6.45) is 2.47. The number of fused-ring (bicyclic) bond motifs is 1. The molecule has 1 atom stereocenters. The first-order chi connectivity index (χ1) is 15.5. The topological polar surface area (TPSA) is 69.7 Å². The monoisotopic (exact) mass is 435 g/mol. The first-order valence-electron chi connectivity index (χ1n) is 11.2. The lowest BCUT2D eigenvalue weighted by atomic mass is 9.89. The van der Waals surface area contributed by atoms with E-state index in [1.54, 1.807) is 11.0 Å². The van der Waals surface area contributed by atoms with Crippen LogP contribution >= 0.6 is 0 Å². The maximum atomic E-state index is 14.1. The number of hydrogen-bond acceptors (Lipinski definition) is 4. The molecule has 2 saturated heterocycles. The Hall–Kier alpha value is -3.06. The number of imide groups is 1. The molecule has 0 saturated carbocycles. The molecule has 7 heteroatoms. The third kappa shape index (κ3) is 3.93. The molecule has 6 nitrogen and oxygen atoms in total. The molecule has 3 amide bonds. The molecule has 0 radical (unpaired) electrons. The zero-order valence-corrected chi connectivity index (χ0v) is 17.9. The van der Waals surface area contributed by atoms with Gasteiger partial charge in [0.15, 0.2) is 0 Å². The number of nitrogens with one attached hydrogen (secondary N) is 1. The van der Waals surface area contributed by atoms with E-state index in [9.17, 15) is 18.8 Å². The van der Waals surface area contributed by atoms with Gasteiger partial charge in [0.25, 0.3) is 5.91 Å². The SMILES string of the molecule is O=C1CCC(N2Cc3cc(CN4CCC(c5ccccc5F)CC4)ccc3C2=O)C(=O)N1. The fourth-order valence-electron chi connectivity index (χ4n) is 5.19. The summed E-state index contributed by atoms with van der Waals surface area (Å²) >= 11 is 0. The Kier molecular flexibility index (Phi) is 5.51. The molecule has 166 valence electrons. The molecule has 0 bridgehead atoms. The molecule has 3 heterocycles. The fourth-order valence-corrected chi connectivity index (χ4v) is 5.19. The van der Waals surface area contributed by atoms with Crippen molar-refractivity contribution < 1.29 is 18.8 Å². The van der Waals surface area contributed by atoms with Crippen LogP contribution in [-0.4, -0.2) is 46.7 Å². The lowest BCUT2D eigenvalue weighted by molar-refractivity contribution is -0.136. The van der Waals surface area contributed by atoms with Gasteiger partial charge in [0.2, 0.25) is 11.8 Å². The summed E-state index contributed by atoms with van der Waals surface area (Å²) in [5.41, 5.74) is 3.51. The van der Waals surface area contributed by atoms with Gasteiger partial charge in [0.1, 0.15) is 11.9 Å². The van der Waals surface area contributed by atoms with E-state index < -0.39 is 6.04 Å². The summed E-state index contributed by atoms with van der Waals surface area (Å²) in [5.74, 6) is -0.675. The Balaban J connectivity index is 1.22. The van der Waals surface area contributed by atoms with Gasteiger partial charge < -0.3 is 4.90 Å². The van der Waals surface area contributed by atoms with Crippen molar-refractivity contribution in [3.05, 3.63) is 70.5 Å². The Labute approximate surface area is 186 Å². The number of nitrogens with zero attached hydrogens (tertiary/aromatic N) is 2. The molecular formula is C25H26FN3O3. The minimum Gasteiger partial charge on any atom is -0.322 e. The quantitative estimate of drug-likeness (QED) is 0.750. The van der Waals surface area contributed by atoms with E-state index in [0.717, 1.165) is 49.2 Å². The number of halogens is 1. The lowest BCUT2D eigenvalue weighted by Gasteiger charge is -2.32. The van der Waals surface area contributed by atoms with Crippen LogP contribution in [0.5, 0.6) is 0 Å². The van der Waals surface area contributed by atoms with E-state index in [2.05, 4.69) is 16.3 Å². The second-order valence-corrected chi connectivity index (χ2v) is 8.96. The Bertz CT molecular complexity index is 1080. The van der Waals surface area contributed by atoms with Crippen molar-refractivity contribution in [1.29, 1.82) is 0 Å². The molecule has 32 heavy (non-hydrogen) atoms. The summed E-state index contributed by atoms with van der Waals surface area (Å²) in [6, 6.07) is 12.4. The first-order valence-corrected chi connectivity index (χ1v) is 11.2. The highest BCUT2D eigenvalue weighted by Gasteiger charge is 2.39. The van der Waals surface area contributed by atoms with Gasteiger partial charge in [-0.3, -0.25) is 24.6 Å². The van der Waals surface area contributed by atoms with Crippen molar-refractivity contribution in [3.8, 4) is 0 Å². The molecule has 1 N–H and O–H groups in total. The number of amides is 3. The predicted molar refractivity (Wildman–Crippen MR) is 116 cm³/mol. The summed E-state index contributed by atoms with van der Waals surface area (Å²) < 4.78 is 14.1. The number of carbonyl (C=O) groups excluding carboxylic acids is 3. The zero-order chi connectivity index (χ0) is 22.2. The molecule has 2 aromatic rings. The van der Waals surface area contributed by atoms with Gasteiger partial charge in [-0.15, -0.1) is 0 Å². The average molecular weight is 435 g/mol. The third-order valence-electron chi connectivity index (χ3n) is 6.93. The lowest BCUT2D eigenvalue weighted by Crippen LogP contribution is -2.52. The van der Waals surface area contributed by atoms with Gasteiger partial charge in [-0.1, -0.05) is 30.3 Å². The van der Waals surface area contributed by atoms with Crippen molar-refractivity contribution in [2.24, 2.45) is 0 Å². The molecule has 0 aliphatic carbocycles. The van der Waals surface area contributed by atoms with Crippen molar-refractivity contribution in [2.75, 3.05) is 13.1 Å². The van der Waals surface area contributed by atoms with Crippen molar-refractivity contribution in [1.82, 2.24) is 15.1 Å². The third-order valence-corrected chi connectivity index (χ3v) is 6.93. The van der Waals surface area contributed by atoms with E-state index >= 15 is 0 Å². The molecular weight excluding hydrogens is 409 g/mol. The number of likely N-dealkylation sites (tertiary alicyclic amines) is 1. The van der Waals surface area contributed by atoms with Crippen molar-refractivity contribution in [2.45, 2.75) is 50.7 Å². The molecule has 0 spiro atoms. The maximum Gasteiger partial charge on any atom is 0.255 e. The number of hydrogen-bond donors (Lipinski definition) is 1. The highest BCUT2D eigenvalue weighted by molar-refractivity contribution is 6.05. The van der Waals surface area contributed by atoms with Crippen LogP contribution in [0.2, 0.25) is 0 Å². The Morgan fingerprint density at radius 3 is 2.53 bits per heavy atom. The summed E-state index contributed by atoms with van der Waals surface area (Å²) in [4.78, 5) is 40.4. The summed E-state index contributed by atoms with van der Waals surface area (Å²) in [5, 5.41) is 2.34. The average Bonchev–Trinajstić information content (AvgIpc) is 3.10. The van der Waals surface area contributed by atoms with Gasteiger partial charge in [-0.25, -0.2) is 4.39 Å². The molecule has 3 aliphatic heterocycles. The normalized spacial score (nSPS) is 22.2. The van der Waals surface area contributed by atoms with Crippen LogP contribution in [0.15, 0.2) is 42.5 Å². The zero-order valence-electron chi connectivity index (χ0n) is 17.9. The molecule has 5 rings (SSSR count). The molecule has 3 aliphatic rings. The Morgan fingerprint density at radius 1 is 1.00 bits per heavy atom.